The van der Waals surface area contributed by atoms with Crippen LogP contribution in [0.15, 0.2) is 54.6 Å². The van der Waals surface area contributed by atoms with Crippen molar-refractivity contribution in [2.45, 2.75) is 32.4 Å². The zero-order valence-electron chi connectivity index (χ0n) is 16.4. The number of aryl methyl sites for hydroxylation is 2. The summed E-state index contributed by atoms with van der Waals surface area (Å²) < 4.78 is 15.3. The minimum Gasteiger partial charge on any atom is -0.476 e. The van der Waals surface area contributed by atoms with Gasteiger partial charge in [-0.25, -0.2) is 9.18 Å². The third-order valence-corrected chi connectivity index (χ3v) is 5.37. The highest BCUT2D eigenvalue weighted by Gasteiger charge is 2.30. The SMILES string of the molecule is O=C(O)c1nn(CCCc2ccccc2)c2c1CN(C(=O)c1cccc(F)c1)CC2. The van der Waals surface area contributed by atoms with Crippen LogP contribution in [0.2, 0.25) is 0 Å². The molecule has 2 aromatic carbocycles. The number of aromatic nitrogens is 2. The number of hydrogen-bond donors (Lipinski definition) is 1. The Morgan fingerprint density at radius 1 is 1.10 bits per heavy atom. The van der Waals surface area contributed by atoms with Gasteiger partial charge in [-0.05, 0) is 36.6 Å². The third kappa shape index (κ3) is 4.10. The van der Waals surface area contributed by atoms with E-state index in [1.807, 2.05) is 18.2 Å². The van der Waals surface area contributed by atoms with Gasteiger partial charge < -0.3 is 10.0 Å². The summed E-state index contributed by atoms with van der Waals surface area (Å²) in [6.45, 7) is 1.21. The summed E-state index contributed by atoms with van der Waals surface area (Å²) in [5.74, 6) is -1.89. The maximum Gasteiger partial charge on any atom is 0.356 e. The summed E-state index contributed by atoms with van der Waals surface area (Å²) in [6.07, 6.45) is 2.23. The molecule has 0 atom stereocenters. The lowest BCUT2D eigenvalue weighted by Crippen LogP contribution is -2.36. The molecular formula is C23H22FN3O3. The number of carbonyl (C=O) groups excluding carboxylic acids is 1. The molecule has 1 aliphatic rings. The number of aromatic carboxylic acids is 1. The monoisotopic (exact) mass is 407 g/mol. The largest absolute Gasteiger partial charge is 0.476 e. The van der Waals surface area contributed by atoms with Gasteiger partial charge in [-0.15, -0.1) is 0 Å². The Labute approximate surface area is 173 Å². The molecule has 7 heteroatoms. The molecule has 1 amide bonds. The maximum atomic E-state index is 13.5. The summed E-state index contributed by atoms with van der Waals surface area (Å²) in [5.41, 5.74) is 2.90. The minimum absolute atomic E-state index is 0.0125. The van der Waals surface area contributed by atoms with Crippen molar-refractivity contribution in [3.8, 4) is 0 Å². The first-order chi connectivity index (χ1) is 14.5. The van der Waals surface area contributed by atoms with Crippen LogP contribution >= 0.6 is 0 Å². The summed E-state index contributed by atoms with van der Waals surface area (Å²) >= 11 is 0. The third-order valence-electron chi connectivity index (χ3n) is 5.37. The summed E-state index contributed by atoms with van der Waals surface area (Å²) in [7, 11) is 0. The number of nitrogens with zero attached hydrogens (tertiary/aromatic N) is 3. The molecule has 30 heavy (non-hydrogen) atoms. The van der Waals surface area contributed by atoms with Crippen molar-refractivity contribution < 1.29 is 19.1 Å². The molecule has 0 spiro atoms. The number of carbonyl (C=O) groups is 2. The fourth-order valence-corrected chi connectivity index (χ4v) is 3.90. The fraction of sp³-hybridized carbons (Fsp3) is 0.261. The van der Waals surface area contributed by atoms with E-state index in [1.54, 1.807) is 15.6 Å². The van der Waals surface area contributed by atoms with Crippen molar-refractivity contribution in [1.29, 1.82) is 0 Å². The van der Waals surface area contributed by atoms with Crippen LogP contribution in [0.5, 0.6) is 0 Å². The molecule has 0 aliphatic carbocycles. The van der Waals surface area contributed by atoms with Crippen LogP contribution in [0, 0.1) is 5.82 Å². The second-order valence-electron chi connectivity index (χ2n) is 7.38. The van der Waals surface area contributed by atoms with Crippen molar-refractivity contribution in [3.05, 3.63) is 88.5 Å². The van der Waals surface area contributed by atoms with E-state index in [4.69, 9.17) is 0 Å². The van der Waals surface area contributed by atoms with Gasteiger partial charge in [0.05, 0.1) is 6.54 Å². The Kier molecular flexibility index (Phi) is 5.61. The second kappa shape index (κ2) is 8.49. The van der Waals surface area contributed by atoms with Gasteiger partial charge in [0.1, 0.15) is 5.82 Å². The molecular weight excluding hydrogens is 385 g/mol. The predicted octanol–water partition coefficient (Wildman–Crippen LogP) is 3.55. The lowest BCUT2D eigenvalue weighted by Gasteiger charge is -2.28. The zero-order chi connectivity index (χ0) is 21.1. The Morgan fingerprint density at radius 3 is 2.63 bits per heavy atom. The second-order valence-corrected chi connectivity index (χ2v) is 7.38. The first kappa shape index (κ1) is 19.8. The van der Waals surface area contributed by atoms with E-state index >= 15 is 0 Å². The van der Waals surface area contributed by atoms with Gasteiger partial charge in [0.15, 0.2) is 5.69 Å². The minimum atomic E-state index is -1.10. The molecule has 0 saturated heterocycles. The van der Waals surface area contributed by atoms with Crippen LogP contribution in [-0.2, 0) is 25.9 Å². The van der Waals surface area contributed by atoms with Crippen molar-refractivity contribution in [2.24, 2.45) is 0 Å². The summed E-state index contributed by atoms with van der Waals surface area (Å²) in [5, 5.41) is 13.9. The number of carboxylic acids is 1. The summed E-state index contributed by atoms with van der Waals surface area (Å²) in [4.78, 5) is 26.1. The Balaban J connectivity index is 1.51. The van der Waals surface area contributed by atoms with Gasteiger partial charge in [-0.1, -0.05) is 36.4 Å². The van der Waals surface area contributed by atoms with Crippen LogP contribution in [0.3, 0.4) is 0 Å². The van der Waals surface area contributed by atoms with Crippen LogP contribution in [0.1, 0.15) is 44.1 Å². The molecule has 1 N–H and O–H groups in total. The average Bonchev–Trinajstić information content (AvgIpc) is 3.12. The Morgan fingerprint density at radius 2 is 1.90 bits per heavy atom. The Hall–Kier alpha value is -3.48. The van der Waals surface area contributed by atoms with E-state index in [0.29, 0.717) is 25.1 Å². The van der Waals surface area contributed by atoms with Gasteiger partial charge in [-0.2, -0.15) is 5.10 Å². The average molecular weight is 407 g/mol. The van der Waals surface area contributed by atoms with Crippen molar-refractivity contribution >= 4 is 11.9 Å². The topological polar surface area (TPSA) is 75.4 Å². The highest BCUT2D eigenvalue weighted by molar-refractivity contribution is 5.94. The lowest BCUT2D eigenvalue weighted by molar-refractivity contribution is 0.0674. The molecule has 2 heterocycles. The smallest absolute Gasteiger partial charge is 0.356 e. The number of carboxylic acid groups (broad SMARTS) is 1. The zero-order valence-corrected chi connectivity index (χ0v) is 16.4. The van der Waals surface area contributed by atoms with Crippen LogP contribution in [0.25, 0.3) is 0 Å². The lowest BCUT2D eigenvalue weighted by atomic mass is 10.0. The quantitative estimate of drug-likeness (QED) is 0.678. The molecule has 0 saturated carbocycles. The number of hydrogen-bond acceptors (Lipinski definition) is 3. The normalized spacial score (nSPS) is 13.2. The van der Waals surface area contributed by atoms with E-state index < -0.39 is 11.8 Å². The van der Waals surface area contributed by atoms with Gasteiger partial charge in [-0.3, -0.25) is 9.48 Å². The van der Waals surface area contributed by atoms with Crippen LogP contribution < -0.4 is 0 Å². The van der Waals surface area contributed by atoms with E-state index in [9.17, 15) is 19.1 Å². The van der Waals surface area contributed by atoms with Crippen molar-refractivity contribution in [2.75, 3.05) is 6.54 Å². The summed E-state index contributed by atoms with van der Waals surface area (Å²) in [6, 6.07) is 15.6. The van der Waals surface area contributed by atoms with Crippen LogP contribution in [0.4, 0.5) is 4.39 Å². The molecule has 1 aromatic heterocycles. The standard InChI is InChI=1S/C23H22FN3O3/c24-18-10-4-9-17(14-18)22(28)26-13-11-20-19(15-26)21(23(29)30)25-27(20)12-5-8-16-6-2-1-3-7-16/h1-4,6-7,9-10,14H,5,8,11-13,15H2,(H,29,30). The van der Waals surface area contributed by atoms with Crippen molar-refractivity contribution in [3.63, 3.8) is 0 Å². The first-order valence-corrected chi connectivity index (χ1v) is 9.93. The van der Waals surface area contributed by atoms with E-state index in [1.165, 1.54) is 23.8 Å². The van der Waals surface area contributed by atoms with E-state index in [-0.39, 0.29) is 23.7 Å². The molecule has 3 aromatic rings. The molecule has 0 bridgehead atoms. The molecule has 6 nitrogen and oxygen atoms in total. The van der Waals surface area contributed by atoms with E-state index in [2.05, 4.69) is 17.2 Å². The molecule has 0 unspecified atom stereocenters. The number of halogens is 1. The molecule has 0 radical (unpaired) electrons. The van der Waals surface area contributed by atoms with Gasteiger partial charge in [0, 0.05) is 36.3 Å². The fourth-order valence-electron chi connectivity index (χ4n) is 3.90. The molecule has 154 valence electrons. The first-order valence-electron chi connectivity index (χ1n) is 9.93. The molecule has 1 aliphatic heterocycles. The van der Waals surface area contributed by atoms with Crippen LogP contribution in [-0.4, -0.2) is 38.2 Å². The van der Waals surface area contributed by atoms with E-state index in [0.717, 1.165) is 18.5 Å². The van der Waals surface area contributed by atoms with Gasteiger partial charge in [0.2, 0.25) is 0 Å². The number of amides is 1. The molecule has 0 fully saturated rings. The highest BCUT2D eigenvalue weighted by atomic mass is 19.1. The Bertz CT molecular complexity index is 1080. The predicted molar refractivity (Wildman–Crippen MR) is 109 cm³/mol. The number of fused-ring (bicyclic) bond motifs is 1. The van der Waals surface area contributed by atoms with Gasteiger partial charge in [0.25, 0.3) is 5.91 Å². The van der Waals surface area contributed by atoms with Crippen molar-refractivity contribution in [1.82, 2.24) is 14.7 Å². The highest BCUT2D eigenvalue weighted by Crippen LogP contribution is 2.25. The molecule has 4 rings (SSSR count). The number of benzene rings is 2. The number of rotatable bonds is 6. The maximum absolute atomic E-state index is 13.5. The van der Waals surface area contributed by atoms with Gasteiger partial charge >= 0.3 is 5.97 Å².